The van der Waals surface area contributed by atoms with E-state index in [-0.39, 0.29) is 18.0 Å². The lowest BCUT2D eigenvalue weighted by Crippen LogP contribution is -2.32. The molecule has 0 bridgehead atoms. The Morgan fingerprint density at radius 2 is 2.00 bits per heavy atom. The molecule has 0 saturated carbocycles. The van der Waals surface area contributed by atoms with E-state index in [0.717, 1.165) is 6.42 Å². The Balaban J connectivity index is 1.98. The van der Waals surface area contributed by atoms with Gasteiger partial charge in [-0.25, -0.2) is 0 Å². The van der Waals surface area contributed by atoms with E-state index in [1.807, 2.05) is 13.8 Å². The Kier molecular flexibility index (Phi) is 5.18. The van der Waals surface area contributed by atoms with Crippen molar-refractivity contribution < 1.29 is 4.79 Å². The molecule has 3 heteroatoms. The van der Waals surface area contributed by atoms with Crippen molar-refractivity contribution in [3.63, 3.8) is 0 Å². The molecule has 0 heterocycles. The highest BCUT2D eigenvalue weighted by atomic mass is 16.1. The average molecular weight is 274 g/mol. The molecule has 2 rings (SSSR count). The summed E-state index contributed by atoms with van der Waals surface area (Å²) >= 11 is 0. The molecule has 1 aliphatic rings. The van der Waals surface area contributed by atoms with Crippen molar-refractivity contribution in [2.45, 2.75) is 64.5 Å². The lowest BCUT2D eigenvalue weighted by molar-refractivity contribution is -0.122. The highest BCUT2D eigenvalue weighted by molar-refractivity contribution is 5.77. The highest BCUT2D eigenvalue weighted by Crippen LogP contribution is 2.24. The number of rotatable bonds is 5. The summed E-state index contributed by atoms with van der Waals surface area (Å²) in [5.41, 5.74) is 9.95. The van der Waals surface area contributed by atoms with E-state index in [4.69, 9.17) is 5.73 Å². The van der Waals surface area contributed by atoms with Gasteiger partial charge in [-0.15, -0.1) is 0 Å². The number of fused-ring (bicyclic) bond motifs is 1. The van der Waals surface area contributed by atoms with Gasteiger partial charge in [0, 0.05) is 12.5 Å². The molecule has 1 amide bonds. The zero-order valence-corrected chi connectivity index (χ0v) is 12.6. The third-order valence-corrected chi connectivity index (χ3v) is 4.22. The SMILES string of the molecule is CCC(N)CC(=O)NC(C)c1ccc2c(c1)CCCC2. The molecule has 2 atom stereocenters. The molecule has 0 spiro atoms. The largest absolute Gasteiger partial charge is 0.350 e. The van der Waals surface area contributed by atoms with Crippen molar-refractivity contribution in [3.05, 3.63) is 34.9 Å². The van der Waals surface area contributed by atoms with Gasteiger partial charge in [0.15, 0.2) is 0 Å². The molecule has 1 aromatic rings. The lowest BCUT2D eigenvalue weighted by Gasteiger charge is -2.20. The Bertz CT molecular complexity index is 470. The average Bonchev–Trinajstić information content (AvgIpc) is 2.46. The third-order valence-electron chi connectivity index (χ3n) is 4.22. The molecule has 1 aromatic carbocycles. The summed E-state index contributed by atoms with van der Waals surface area (Å²) in [5.74, 6) is 0.0459. The molecule has 0 fully saturated rings. The van der Waals surface area contributed by atoms with Gasteiger partial charge in [-0.2, -0.15) is 0 Å². The maximum atomic E-state index is 11.9. The number of benzene rings is 1. The van der Waals surface area contributed by atoms with E-state index < -0.39 is 0 Å². The van der Waals surface area contributed by atoms with Crippen LogP contribution in [0.3, 0.4) is 0 Å². The molecule has 0 aromatic heterocycles. The molecule has 3 N–H and O–H groups in total. The van der Waals surface area contributed by atoms with Crippen LogP contribution in [-0.2, 0) is 17.6 Å². The van der Waals surface area contributed by atoms with Crippen LogP contribution >= 0.6 is 0 Å². The monoisotopic (exact) mass is 274 g/mol. The molecule has 20 heavy (non-hydrogen) atoms. The molecule has 0 radical (unpaired) electrons. The van der Waals surface area contributed by atoms with Crippen molar-refractivity contribution in [2.24, 2.45) is 5.73 Å². The number of hydrogen-bond acceptors (Lipinski definition) is 2. The van der Waals surface area contributed by atoms with Crippen LogP contribution < -0.4 is 11.1 Å². The second-order valence-corrected chi connectivity index (χ2v) is 5.90. The summed E-state index contributed by atoms with van der Waals surface area (Å²) in [7, 11) is 0. The van der Waals surface area contributed by atoms with Crippen LogP contribution in [0.4, 0.5) is 0 Å². The Hall–Kier alpha value is -1.35. The fraction of sp³-hybridized carbons (Fsp3) is 0.588. The van der Waals surface area contributed by atoms with Crippen LogP contribution in [0.1, 0.15) is 62.3 Å². The maximum Gasteiger partial charge on any atom is 0.222 e. The number of nitrogens with two attached hydrogens (primary N) is 1. The van der Waals surface area contributed by atoms with Gasteiger partial charge >= 0.3 is 0 Å². The van der Waals surface area contributed by atoms with Gasteiger partial charge < -0.3 is 11.1 Å². The summed E-state index contributed by atoms with van der Waals surface area (Å²) in [4.78, 5) is 11.9. The summed E-state index contributed by atoms with van der Waals surface area (Å²) in [6, 6.07) is 6.66. The zero-order chi connectivity index (χ0) is 14.5. The molecular weight excluding hydrogens is 248 g/mol. The first-order chi connectivity index (χ1) is 9.60. The van der Waals surface area contributed by atoms with Crippen LogP contribution in [-0.4, -0.2) is 11.9 Å². The van der Waals surface area contributed by atoms with Gasteiger partial charge in [-0.05, 0) is 55.7 Å². The van der Waals surface area contributed by atoms with Gasteiger partial charge in [0.25, 0.3) is 0 Å². The standard InChI is InChI=1S/C17H26N2O/c1-3-16(18)11-17(20)19-12(2)14-9-8-13-6-4-5-7-15(13)10-14/h8-10,12,16H,3-7,11,18H2,1-2H3,(H,19,20). The number of nitrogens with one attached hydrogen (secondary N) is 1. The minimum Gasteiger partial charge on any atom is -0.350 e. The molecule has 3 nitrogen and oxygen atoms in total. The van der Waals surface area contributed by atoms with E-state index in [9.17, 15) is 4.79 Å². The highest BCUT2D eigenvalue weighted by Gasteiger charge is 2.15. The fourth-order valence-corrected chi connectivity index (χ4v) is 2.79. The Morgan fingerprint density at radius 3 is 2.70 bits per heavy atom. The van der Waals surface area contributed by atoms with Gasteiger partial charge in [-0.1, -0.05) is 25.1 Å². The predicted molar refractivity (Wildman–Crippen MR) is 82.5 cm³/mol. The zero-order valence-electron chi connectivity index (χ0n) is 12.6. The first-order valence-corrected chi connectivity index (χ1v) is 7.76. The number of hydrogen-bond donors (Lipinski definition) is 2. The van der Waals surface area contributed by atoms with Crippen molar-refractivity contribution in [2.75, 3.05) is 0 Å². The first kappa shape index (κ1) is 15.0. The van der Waals surface area contributed by atoms with Gasteiger partial charge in [0.2, 0.25) is 5.91 Å². The molecule has 0 aliphatic heterocycles. The van der Waals surface area contributed by atoms with E-state index in [0.29, 0.717) is 6.42 Å². The lowest BCUT2D eigenvalue weighted by atomic mass is 9.89. The van der Waals surface area contributed by atoms with Gasteiger partial charge in [-0.3, -0.25) is 4.79 Å². The third kappa shape index (κ3) is 3.83. The van der Waals surface area contributed by atoms with Gasteiger partial charge in [0.05, 0.1) is 6.04 Å². The second-order valence-electron chi connectivity index (χ2n) is 5.90. The van der Waals surface area contributed by atoms with Crippen LogP contribution in [0.2, 0.25) is 0 Å². The minimum atomic E-state index is -0.0364. The van der Waals surface area contributed by atoms with Crippen LogP contribution in [0.5, 0.6) is 0 Å². The van der Waals surface area contributed by atoms with Gasteiger partial charge in [0.1, 0.15) is 0 Å². The Morgan fingerprint density at radius 1 is 1.30 bits per heavy atom. The maximum absolute atomic E-state index is 11.9. The van der Waals surface area contributed by atoms with E-state index in [1.165, 1.54) is 42.4 Å². The van der Waals surface area contributed by atoms with Crippen molar-refractivity contribution >= 4 is 5.91 Å². The number of carbonyl (C=O) groups excluding carboxylic acids is 1. The van der Waals surface area contributed by atoms with Crippen LogP contribution in [0.25, 0.3) is 0 Å². The minimum absolute atomic E-state index is 0.0364. The summed E-state index contributed by atoms with van der Waals surface area (Å²) < 4.78 is 0. The summed E-state index contributed by atoms with van der Waals surface area (Å²) in [6.45, 7) is 4.05. The predicted octanol–water partition coefficient (Wildman–Crippen LogP) is 2.87. The smallest absolute Gasteiger partial charge is 0.222 e. The molecule has 1 aliphatic carbocycles. The second kappa shape index (κ2) is 6.89. The molecule has 2 unspecified atom stereocenters. The van der Waals surface area contributed by atoms with E-state index in [2.05, 4.69) is 23.5 Å². The van der Waals surface area contributed by atoms with Crippen molar-refractivity contribution in [1.82, 2.24) is 5.32 Å². The van der Waals surface area contributed by atoms with E-state index >= 15 is 0 Å². The van der Waals surface area contributed by atoms with Crippen molar-refractivity contribution in [1.29, 1.82) is 0 Å². The van der Waals surface area contributed by atoms with Crippen molar-refractivity contribution in [3.8, 4) is 0 Å². The summed E-state index contributed by atoms with van der Waals surface area (Å²) in [5, 5.41) is 3.05. The summed E-state index contributed by atoms with van der Waals surface area (Å²) in [6.07, 6.45) is 6.19. The van der Waals surface area contributed by atoms with Crippen LogP contribution in [0, 0.1) is 0 Å². The first-order valence-electron chi connectivity index (χ1n) is 7.76. The molecule has 110 valence electrons. The molecule has 0 saturated heterocycles. The quantitative estimate of drug-likeness (QED) is 0.867. The topological polar surface area (TPSA) is 55.1 Å². The van der Waals surface area contributed by atoms with E-state index in [1.54, 1.807) is 0 Å². The van der Waals surface area contributed by atoms with Crippen LogP contribution in [0.15, 0.2) is 18.2 Å². The normalized spacial score (nSPS) is 17.1. The fourth-order valence-electron chi connectivity index (χ4n) is 2.79. The molecular formula is C17H26N2O. The number of aryl methyl sites for hydroxylation is 2. The number of carbonyl (C=O) groups is 1. The number of amides is 1. The Labute approximate surface area is 121 Å².